The highest BCUT2D eigenvalue weighted by Gasteiger charge is 2.27. The summed E-state index contributed by atoms with van der Waals surface area (Å²) in [7, 11) is 5.45. The molecule has 0 radical (unpaired) electrons. The van der Waals surface area contributed by atoms with Crippen LogP contribution in [-0.2, 0) is 9.53 Å². The van der Waals surface area contributed by atoms with Gasteiger partial charge in [0, 0.05) is 53.5 Å². The number of carbonyl (C=O) groups is 2. The van der Waals surface area contributed by atoms with Gasteiger partial charge in [-0.2, -0.15) is 0 Å². The van der Waals surface area contributed by atoms with Crippen LogP contribution in [0, 0.1) is 0 Å². The summed E-state index contributed by atoms with van der Waals surface area (Å²) in [6.07, 6.45) is 1.01. The van der Waals surface area contributed by atoms with Gasteiger partial charge < -0.3 is 25.6 Å². The van der Waals surface area contributed by atoms with E-state index in [1.165, 1.54) is 4.90 Å². The highest BCUT2D eigenvalue weighted by molar-refractivity contribution is 14.0. The van der Waals surface area contributed by atoms with Gasteiger partial charge in [-0.15, -0.1) is 24.0 Å². The Kier molecular flexibility index (Phi) is 12.6. The van der Waals surface area contributed by atoms with Crippen LogP contribution < -0.4 is 16.0 Å². The number of rotatable bonds is 10. The lowest BCUT2D eigenvalue weighted by atomic mass is 10.4. The summed E-state index contributed by atoms with van der Waals surface area (Å²) in [5, 5.41) is 8.78. The molecule has 0 unspecified atom stereocenters. The van der Waals surface area contributed by atoms with Gasteiger partial charge in [-0.3, -0.25) is 14.7 Å². The summed E-state index contributed by atoms with van der Waals surface area (Å²) in [5.41, 5.74) is 0. The lowest BCUT2D eigenvalue weighted by molar-refractivity contribution is -0.124. The predicted molar refractivity (Wildman–Crippen MR) is 104 cm³/mol. The molecule has 1 rings (SSSR count). The average molecular weight is 456 g/mol. The molecule has 0 saturated carbocycles. The highest BCUT2D eigenvalue weighted by atomic mass is 127. The van der Waals surface area contributed by atoms with Gasteiger partial charge in [-0.25, -0.2) is 4.79 Å². The van der Waals surface area contributed by atoms with Crippen molar-refractivity contribution >= 4 is 41.9 Å². The summed E-state index contributed by atoms with van der Waals surface area (Å²) in [6.45, 7) is 4.26. The number of likely N-dealkylation sites (N-methyl/N-ethyl adjacent to an activating group) is 1. The molecular weight excluding hydrogens is 427 g/mol. The molecule has 24 heavy (non-hydrogen) atoms. The lowest BCUT2D eigenvalue weighted by Gasteiger charge is -2.18. The molecule has 1 heterocycles. The Labute approximate surface area is 160 Å². The first kappa shape index (κ1) is 22.9. The largest absolute Gasteiger partial charge is 0.385 e. The maximum Gasteiger partial charge on any atom is 0.324 e. The second-order valence-corrected chi connectivity index (χ2v) is 5.28. The second-order valence-electron chi connectivity index (χ2n) is 5.28. The van der Waals surface area contributed by atoms with Crippen LogP contribution in [0.4, 0.5) is 4.79 Å². The van der Waals surface area contributed by atoms with Crippen LogP contribution in [-0.4, -0.2) is 94.8 Å². The number of nitrogens with zero attached hydrogens (tertiary/aromatic N) is 3. The van der Waals surface area contributed by atoms with Crippen molar-refractivity contribution in [2.45, 2.75) is 6.42 Å². The molecule has 10 heteroatoms. The van der Waals surface area contributed by atoms with E-state index in [-0.39, 0.29) is 42.5 Å². The van der Waals surface area contributed by atoms with Gasteiger partial charge in [0.1, 0.15) is 0 Å². The monoisotopic (exact) mass is 456 g/mol. The van der Waals surface area contributed by atoms with E-state index in [0.717, 1.165) is 32.7 Å². The number of carbonyl (C=O) groups excluding carboxylic acids is 2. The normalized spacial score (nSPS) is 14.7. The number of nitrogens with one attached hydrogen (secondary N) is 3. The minimum Gasteiger partial charge on any atom is -0.385 e. The molecule has 0 spiro atoms. The Morgan fingerprint density at radius 2 is 2.04 bits per heavy atom. The molecule has 9 nitrogen and oxygen atoms in total. The smallest absolute Gasteiger partial charge is 0.324 e. The lowest BCUT2D eigenvalue weighted by Crippen LogP contribution is -2.44. The van der Waals surface area contributed by atoms with Crippen molar-refractivity contribution in [2.24, 2.45) is 4.99 Å². The average Bonchev–Trinajstić information content (AvgIpc) is 2.85. The predicted octanol–water partition coefficient (Wildman–Crippen LogP) is -0.710. The van der Waals surface area contributed by atoms with E-state index in [1.807, 2.05) is 0 Å². The number of halogens is 1. The van der Waals surface area contributed by atoms with Gasteiger partial charge in [0.2, 0.25) is 5.91 Å². The maximum atomic E-state index is 11.4. The van der Waals surface area contributed by atoms with Crippen LogP contribution in [0.25, 0.3) is 0 Å². The van der Waals surface area contributed by atoms with Gasteiger partial charge in [0.25, 0.3) is 0 Å². The van der Waals surface area contributed by atoms with Crippen LogP contribution in [0.1, 0.15) is 6.42 Å². The van der Waals surface area contributed by atoms with E-state index in [1.54, 1.807) is 14.2 Å². The number of methoxy groups -OCH3 is 1. The molecule has 1 fully saturated rings. The Morgan fingerprint density at radius 1 is 1.33 bits per heavy atom. The summed E-state index contributed by atoms with van der Waals surface area (Å²) in [4.78, 5) is 30.4. The molecule has 3 N–H and O–H groups in total. The SMILES string of the molecule is CN=C(NCCN(C)CCCOC)NCCN1C(=O)CNC1=O.I. The van der Waals surface area contributed by atoms with E-state index in [9.17, 15) is 9.59 Å². The van der Waals surface area contributed by atoms with Crippen molar-refractivity contribution in [2.75, 3.05) is 67.1 Å². The number of urea groups is 1. The topological polar surface area (TPSA) is 98.3 Å². The van der Waals surface area contributed by atoms with E-state index in [0.29, 0.717) is 19.0 Å². The van der Waals surface area contributed by atoms with E-state index in [2.05, 4.69) is 32.9 Å². The molecule has 1 aliphatic rings. The fourth-order valence-corrected chi connectivity index (χ4v) is 2.14. The van der Waals surface area contributed by atoms with Gasteiger partial charge in [-0.05, 0) is 13.5 Å². The first-order valence-corrected chi connectivity index (χ1v) is 7.78. The third-order valence-corrected chi connectivity index (χ3v) is 3.46. The van der Waals surface area contributed by atoms with Gasteiger partial charge in [0.15, 0.2) is 5.96 Å². The third-order valence-electron chi connectivity index (χ3n) is 3.46. The first-order chi connectivity index (χ1) is 11.1. The van der Waals surface area contributed by atoms with Crippen LogP contribution in [0.15, 0.2) is 4.99 Å². The van der Waals surface area contributed by atoms with Crippen molar-refractivity contribution in [1.82, 2.24) is 25.8 Å². The minimum absolute atomic E-state index is 0. The summed E-state index contributed by atoms with van der Waals surface area (Å²) < 4.78 is 5.03. The molecule has 0 aromatic heterocycles. The van der Waals surface area contributed by atoms with Gasteiger partial charge in [0.05, 0.1) is 6.54 Å². The maximum absolute atomic E-state index is 11.4. The molecule has 1 saturated heterocycles. The van der Waals surface area contributed by atoms with Crippen LogP contribution in [0.2, 0.25) is 0 Å². The van der Waals surface area contributed by atoms with Crippen LogP contribution in [0.5, 0.6) is 0 Å². The number of ether oxygens (including phenoxy) is 1. The number of amides is 3. The molecule has 0 aliphatic carbocycles. The van der Waals surface area contributed by atoms with Gasteiger partial charge in [-0.1, -0.05) is 0 Å². The number of guanidine groups is 1. The summed E-state index contributed by atoms with van der Waals surface area (Å²) in [5.74, 6) is 0.458. The molecule has 0 bridgehead atoms. The van der Waals surface area contributed by atoms with Gasteiger partial charge >= 0.3 is 6.03 Å². The van der Waals surface area contributed by atoms with Crippen molar-refractivity contribution < 1.29 is 14.3 Å². The van der Waals surface area contributed by atoms with E-state index < -0.39 is 0 Å². The second kappa shape index (κ2) is 13.2. The molecule has 1 aliphatic heterocycles. The third kappa shape index (κ3) is 8.64. The quantitative estimate of drug-likeness (QED) is 0.132. The number of imide groups is 1. The van der Waals surface area contributed by atoms with Crippen molar-refractivity contribution in [3.05, 3.63) is 0 Å². The summed E-state index contributed by atoms with van der Waals surface area (Å²) >= 11 is 0. The zero-order chi connectivity index (χ0) is 17.1. The van der Waals surface area contributed by atoms with Crippen LogP contribution >= 0.6 is 24.0 Å². The Morgan fingerprint density at radius 3 is 2.62 bits per heavy atom. The van der Waals surface area contributed by atoms with E-state index in [4.69, 9.17) is 4.74 Å². The Hall–Kier alpha value is -1.14. The fraction of sp³-hybridized carbons (Fsp3) is 0.786. The summed E-state index contributed by atoms with van der Waals surface area (Å²) in [6, 6.07) is -0.336. The molecule has 0 aromatic carbocycles. The van der Waals surface area contributed by atoms with Crippen LogP contribution in [0.3, 0.4) is 0 Å². The standard InChI is InChI=1S/C14H28N6O3.HI/c1-15-13(16-5-8-19(2)7-4-10-23-3)17-6-9-20-12(21)11-18-14(20)22;/h4-11H2,1-3H3,(H,18,22)(H2,15,16,17);1H. The number of aliphatic imine (C=N–C) groups is 1. The van der Waals surface area contributed by atoms with E-state index >= 15 is 0 Å². The fourth-order valence-electron chi connectivity index (χ4n) is 2.14. The number of hydrogen-bond donors (Lipinski definition) is 3. The van der Waals surface area contributed by atoms with Crippen molar-refractivity contribution in [3.8, 4) is 0 Å². The molecule has 140 valence electrons. The molecule has 0 atom stereocenters. The Balaban J connectivity index is 0.00000529. The van der Waals surface area contributed by atoms with Crippen molar-refractivity contribution in [1.29, 1.82) is 0 Å². The first-order valence-electron chi connectivity index (χ1n) is 7.78. The molecule has 0 aromatic rings. The number of hydrogen-bond acceptors (Lipinski definition) is 5. The molecule has 3 amide bonds. The van der Waals surface area contributed by atoms with Crippen molar-refractivity contribution in [3.63, 3.8) is 0 Å². The minimum atomic E-state index is -0.336. The zero-order valence-corrected chi connectivity index (χ0v) is 17.0. The zero-order valence-electron chi connectivity index (χ0n) is 14.6. The Bertz CT molecular complexity index is 405. The molecular formula is C14H29IN6O3. The highest BCUT2D eigenvalue weighted by Crippen LogP contribution is 1.96.